The predicted molar refractivity (Wildman–Crippen MR) is 120 cm³/mol. The molecule has 1 aromatic rings. The fraction of sp³-hybridized carbons (Fsp3) is 0.708. The molecule has 2 amide bonds. The fourth-order valence-electron chi connectivity index (χ4n) is 7.20. The molecule has 5 aliphatic rings. The molecule has 6 heteroatoms. The van der Waals surface area contributed by atoms with Crippen LogP contribution >= 0.6 is 15.9 Å². The van der Waals surface area contributed by atoms with Crippen molar-refractivity contribution >= 4 is 33.6 Å². The molecule has 5 nitrogen and oxygen atoms in total. The Morgan fingerprint density at radius 1 is 1.20 bits per heavy atom. The van der Waals surface area contributed by atoms with Crippen molar-refractivity contribution in [2.45, 2.75) is 69.0 Å². The minimum absolute atomic E-state index is 0.0301. The van der Waals surface area contributed by atoms with Crippen LogP contribution in [0.3, 0.4) is 0 Å². The summed E-state index contributed by atoms with van der Waals surface area (Å²) >= 11 is 4.06. The van der Waals surface area contributed by atoms with Crippen molar-refractivity contribution in [3.05, 3.63) is 23.9 Å². The summed E-state index contributed by atoms with van der Waals surface area (Å²) in [7, 11) is 0. The van der Waals surface area contributed by atoms with E-state index in [-0.39, 0.29) is 17.2 Å². The second kappa shape index (κ2) is 7.61. The number of anilines is 1. The zero-order valence-corrected chi connectivity index (χ0v) is 19.4. The van der Waals surface area contributed by atoms with Crippen LogP contribution in [0.5, 0.6) is 0 Å². The molecule has 2 unspecified atom stereocenters. The summed E-state index contributed by atoms with van der Waals surface area (Å²) in [5, 5.41) is 2.94. The normalized spacial score (nSPS) is 35.5. The number of aromatic nitrogens is 1. The minimum Gasteiger partial charge on any atom is -0.343 e. The minimum atomic E-state index is -0.0401. The third kappa shape index (κ3) is 4.04. The zero-order chi connectivity index (χ0) is 20.9. The molecule has 30 heavy (non-hydrogen) atoms. The lowest BCUT2D eigenvalue weighted by molar-refractivity contribution is -0.141. The largest absolute Gasteiger partial charge is 0.343 e. The highest BCUT2D eigenvalue weighted by Crippen LogP contribution is 2.65. The molecule has 162 valence electrons. The van der Waals surface area contributed by atoms with Gasteiger partial charge in [0.1, 0.15) is 5.82 Å². The van der Waals surface area contributed by atoms with Crippen molar-refractivity contribution in [1.29, 1.82) is 0 Å². The van der Waals surface area contributed by atoms with Gasteiger partial charge in [0.15, 0.2) is 0 Å². The first-order valence-corrected chi connectivity index (χ1v) is 12.3. The number of nitrogens with zero attached hydrogens (tertiary/aromatic N) is 2. The lowest BCUT2D eigenvalue weighted by Crippen LogP contribution is -2.54. The summed E-state index contributed by atoms with van der Waals surface area (Å²) in [6, 6.07) is 3.81. The molecular weight excluding hydrogens is 442 g/mol. The number of nitrogens with one attached hydrogen (secondary N) is 1. The fourth-order valence-corrected chi connectivity index (χ4v) is 8.71. The highest BCUT2D eigenvalue weighted by Gasteiger charge is 2.57. The van der Waals surface area contributed by atoms with E-state index in [9.17, 15) is 9.59 Å². The molecule has 4 saturated carbocycles. The first-order valence-electron chi connectivity index (χ1n) is 11.5. The van der Waals surface area contributed by atoms with Gasteiger partial charge in [0.2, 0.25) is 11.8 Å². The summed E-state index contributed by atoms with van der Waals surface area (Å²) in [6.07, 6.45) is 11.5. The van der Waals surface area contributed by atoms with Crippen LogP contribution in [0.15, 0.2) is 18.3 Å². The number of halogens is 1. The summed E-state index contributed by atoms with van der Waals surface area (Å²) in [5.74, 6) is 2.53. The maximum Gasteiger partial charge on any atom is 0.228 e. The van der Waals surface area contributed by atoms with Crippen LogP contribution in [0.1, 0.15) is 63.4 Å². The first kappa shape index (κ1) is 20.5. The second-order valence-corrected chi connectivity index (χ2v) is 12.3. The van der Waals surface area contributed by atoms with Gasteiger partial charge in [-0.3, -0.25) is 9.59 Å². The van der Waals surface area contributed by atoms with E-state index in [1.54, 1.807) is 6.20 Å². The third-order valence-electron chi connectivity index (χ3n) is 8.02. The summed E-state index contributed by atoms with van der Waals surface area (Å²) in [5.41, 5.74) is 1.30. The van der Waals surface area contributed by atoms with Crippen LogP contribution in [0, 0.1) is 30.1 Å². The number of carbonyl (C=O) groups is 2. The van der Waals surface area contributed by atoms with Gasteiger partial charge in [-0.25, -0.2) is 4.98 Å². The molecule has 0 radical (unpaired) electrons. The van der Waals surface area contributed by atoms with Crippen LogP contribution in [0.4, 0.5) is 5.82 Å². The predicted octanol–water partition coefficient (Wildman–Crippen LogP) is 4.69. The van der Waals surface area contributed by atoms with Crippen molar-refractivity contribution in [1.82, 2.24) is 9.88 Å². The molecule has 1 N–H and O–H groups in total. The summed E-state index contributed by atoms with van der Waals surface area (Å²) in [4.78, 5) is 32.1. The molecule has 0 spiro atoms. The number of carbonyl (C=O) groups excluding carboxylic acids is 2. The van der Waals surface area contributed by atoms with E-state index in [1.807, 2.05) is 24.0 Å². The molecule has 4 aliphatic carbocycles. The van der Waals surface area contributed by atoms with Gasteiger partial charge in [-0.1, -0.05) is 15.9 Å². The van der Waals surface area contributed by atoms with E-state index in [2.05, 4.69) is 26.2 Å². The Morgan fingerprint density at radius 3 is 2.53 bits per heavy atom. The van der Waals surface area contributed by atoms with Gasteiger partial charge in [0, 0.05) is 35.9 Å². The molecular formula is C24H32BrN3O2. The summed E-state index contributed by atoms with van der Waals surface area (Å²) in [6.45, 7) is 3.38. The van der Waals surface area contributed by atoms with Gasteiger partial charge >= 0.3 is 0 Å². The molecule has 1 aliphatic heterocycles. The van der Waals surface area contributed by atoms with Gasteiger partial charge in [-0.15, -0.1) is 0 Å². The smallest absolute Gasteiger partial charge is 0.228 e. The second-order valence-electron chi connectivity index (χ2n) is 10.7. The molecule has 5 fully saturated rings. The maximum atomic E-state index is 13.2. The maximum absolute atomic E-state index is 13.2. The molecule has 1 aromatic heterocycles. The number of rotatable bonds is 4. The Bertz CT molecular complexity index is 835. The Morgan fingerprint density at radius 2 is 1.90 bits per heavy atom. The lowest BCUT2D eigenvalue weighted by atomic mass is 9.48. The number of piperidine rings is 1. The standard InChI is InChI=1S/C24H32BrN3O2/c1-16-2-5-26-20(8-16)27-22(30)19-3-6-28(7-4-19)21(29)14-23-10-17-9-18(11-23)13-24(25,12-17)15-23/h2,5,8,17-19H,3-4,6-7,9-15H2,1H3,(H,26,27,30). The average Bonchev–Trinajstić information content (AvgIpc) is 2.66. The summed E-state index contributed by atoms with van der Waals surface area (Å²) < 4.78 is 0.298. The topological polar surface area (TPSA) is 62.3 Å². The SMILES string of the molecule is Cc1ccnc(NC(=O)C2CCN(C(=O)CC34CC5CC(CC(Br)(C5)C3)C4)CC2)c1. The van der Waals surface area contributed by atoms with E-state index >= 15 is 0 Å². The molecule has 6 rings (SSSR count). The van der Waals surface area contributed by atoms with Crippen molar-refractivity contribution in [3.8, 4) is 0 Å². The van der Waals surface area contributed by atoms with E-state index in [4.69, 9.17) is 0 Å². The van der Waals surface area contributed by atoms with Crippen molar-refractivity contribution < 1.29 is 9.59 Å². The number of aryl methyl sites for hydroxylation is 1. The Hall–Kier alpha value is -1.43. The Labute approximate surface area is 187 Å². The van der Waals surface area contributed by atoms with Crippen LogP contribution in [-0.2, 0) is 9.59 Å². The number of likely N-dealkylation sites (tertiary alicyclic amines) is 1. The van der Waals surface area contributed by atoms with Crippen LogP contribution in [0.2, 0.25) is 0 Å². The molecule has 1 saturated heterocycles. The number of alkyl halides is 1. The van der Waals surface area contributed by atoms with E-state index in [0.29, 0.717) is 35.6 Å². The van der Waals surface area contributed by atoms with E-state index < -0.39 is 0 Å². The highest BCUT2D eigenvalue weighted by molar-refractivity contribution is 9.10. The van der Waals surface area contributed by atoms with Crippen LogP contribution in [-0.4, -0.2) is 39.1 Å². The van der Waals surface area contributed by atoms with E-state index in [1.165, 1.54) is 38.5 Å². The molecule has 2 atom stereocenters. The monoisotopic (exact) mass is 473 g/mol. The van der Waals surface area contributed by atoms with Gasteiger partial charge in [0.05, 0.1) is 0 Å². The Kier molecular flexibility index (Phi) is 5.19. The van der Waals surface area contributed by atoms with E-state index in [0.717, 1.165) is 30.2 Å². The van der Waals surface area contributed by atoms with Gasteiger partial charge in [-0.05, 0) is 93.2 Å². The van der Waals surface area contributed by atoms with Crippen molar-refractivity contribution in [2.75, 3.05) is 18.4 Å². The third-order valence-corrected chi connectivity index (χ3v) is 8.95. The van der Waals surface area contributed by atoms with Crippen LogP contribution < -0.4 is 5.32 Å². The Balaban J connectivity index is 1.15. The first-order chi connectivity index (χ1) is 14.3. The molecule has 4 bridgehead atoms. The zero-order valence-electron chi connectivity index (χ0n) is 17.8. The number of hydrogen-bond donors (Lipinski definition) is 1. The number of amides is 2. The number of hydrogen-bond acceptors (Lipinski definition) is 3. The van der Waals surface area contributed by atoms with Crippen LogP contribution in [0.25, 0.3) is 0 Å². The van der Waals surface area contributed by atoms with Gasteiger partial charge < -0.3 is 10.2 Å². The number of pyridine rings is 1. The molecule has 2 heterocycles. The highest BCUT2D eigenvalue weighted by atomic mass is 79.9. The molecule has 0 aromatic carbocycles. The van der Waals surface area contributed by atoms with Crippen molar-refractivity contribution in [2.24, 2.45) is 23.2 Å². The van der Waals surface area contributed by atoms with Gasteiger partial charge in [0.25, 0.3) is 0 Å². The van der Waals surface area contributed by atoms with Gasteiger partial charge in [-0.2, -0.15) is 0 Å². The van der Waals surface area contributed by atoms with Crippen molar-refractivity contribution in [3.63, 3.8) is 0 Å². The average molecular weight is 474 g/mol. The lowest BCUT2D eigenvalue weighted by Gasteiger charge is -2.60. The quantitative estimate of drug-likeness (QED) is 0.644.